The third kappa shape index (κ3) is 61.9. The normalized spacial score (nSPS) is 10.9. The van der Waals surface area contributed by atoms with Gasteiger partial charge in [-0.15, -0.1) is 0 Å². The summed E-state index contributed by atoms with van der Waals surface area (Å²) in [6.07, 6.45) is 57.4. The smallest absolute Gasteiger partial charge is 0.550 e. The Kier molecular flexibility index (Phi) is 59.6. The van der Waals surface area contributed by atoms with Gasteiger partial charge in [-0.2, -0.15) is 0 Å². The zero-order valence-corrected chi connectivity index (χ0v) is 40.9. The number of rotatable bonds is 44. The molecule has 312 valence electrons. The second-order valence-electron chi connectivity index (χ2n) is 16.4. The molecule has 0 aliphatic rings. The molecule has 5 heteroatoms. The minimum Gasteiger partial charge on any atom is -0.550 e. The fourth-order valence-electron chi connectivity index (χ4n) is 7.40. The fraction of sp³-hybridized carbons (Fsp3) is 0.958. The molecule has 0 radical (unpaired) electrons. The van der Waals surface area contributed by atoms with Crippen molar-refractivity contribution in [2.45, 2.75) is 296 Å². The van der Waals surface area contributed by atoms with E-state index < -0.39 is 11.9 Å². The van der Waals surface area contributed by atoms with Crippen LogP contribution in [0.5, 0.6) is 0 Å². The van der Waals surface area contributed by atoms with Crippen LogP contribution in [-0.2, 0) is 9.59 Å². The van der Waals surface area contributed by atoms with E-state index >= 15 is 0 Å². The van der Waals surface area contributed by atoms with Crippen molar-refractivity contribution < 1.29 is 19.8 Å². The number of carbonyl (C=O) groups is 2. The molecule has 53 heavy (non-hydrogen) atoms. The van der Waals surface area contributed by atoms with Gasteiger partial charge in [0.25, 0.3) is 0 Å². The molecule has 0 heterocycles. The van der Waals surface area contributed by atoms with E-state index in [4.69, 9.17) is 0 Å². The zero-order chi connectivity index (χ0) is 38.3. The quantitative estimate of drug-likeness (QED) is 0.0451. The van der Waals surface area contributed by atoms with Crippen molar-refractivity contribution in [1.29, 1.82) is 0 Å². The topological polar surface area (TPSA) is 80.3 Å². The molecular weight excluding hydrogens is 778 g/mol. The van der Waals surface area contributed by atoms with Crippen LogP contribution in [-0.4, -0.2) is 60.8 Å². The second kappa shape index (κ2) is 54.6. The van der Waals surface area contributed by atoms with Crippen molar-refractivity contribution in [1.82, 2.24) is 0 Å². The molecule has 0 fully saturated rings. The Balaban J connectivity index is -0.000000926. The summed E-state index contributed by atoms with van der Waals surface area (Å²) in [5.74, 6) is -1.80. The first kappa shape index (κ1) is 57.8. The summed E-state index contributed by atoms with van der Waals surface area (Å²) in [7, 11) is 0. The van der Waals surface area contributed by atoms with Crippen LogP contribution >= 0.6 is 0 Å². The molecule has 0 aromatic heterocycles. The Morgan fingerprint density at radius 3 is 0.472 bits per heavy atom. The molecule has 0 atom stereocenters. The van der Waals surface area contributed by atoms with Gasteiger partial charge in [0.2, 0.25) is 0 Å². The van der Waals surface area contributed by atoms with Crippen LogP contribution in [0.1, 0.15) is 296 Å². The maximum Gasteiger partial charge on any atom is 2.00 e. The summed E-state index contributed by atoms with van der Waals surface area (Å²) in [6, 6.07) is 0. The van der Waals surface area contributed by atoms with Gasteiger partial charge in [0, 0.05) is 11.9 Å². The van der Waals surface area contributed by atoms with Gasteiger partial charge >= 0.3 is 48.9 Å². The molecule has 0 amide bonds. The van der Waals surface area contributed by atoms with Crippen LogP contribution in [0, 0.1) is 0 Å². The predicted octanol–water partition coefficient (Wildman–Crippen LogP) is 14.3. The van der Waals surface area contributed by atoms with Crippen molar-refractivity contribution in [3.05, 3.63) is 0 Å². The van der Waals surface area contributed by atoms with E-state index in [0.29, 0.717) is 0 Å². The number of hydrogen-bond acceptors (Lipinski definition) is 4. The average Bonchev–Trinajstić information content (AvgIpc) is 3.13. The Bertz CT molecular complexity index is 614. The first-order valence-electron chi connectivity index (χ1n) is 23.9. The Morgan fingerprint density at radius 1 is 0.245 bits per heavy atom. The van der Waals surface area contributed by atoms with Crippen molar-refractivity contribution in [2.24, 2.45) is 0 Å². The van der Waals surface area contributed by atoms with Crippen molar-refractivity contribution >= 4 is 60.8 Å². The van der Waals surface area contributed by atoms with Gasteiger partial charge < -0.3 is 19.8 Å². The number of aliphatic carboxylic acids is 2. The standard InChI is InChI=1S/2C24H48O2.Ba/c2*1-2-3-4-5-6-7-8-9-10-11-12-13-14-15-16-17-18-19-20-21-22-23-24(25)26;/h2*2-23H2,1H3,(H,25,26);/q;;+2/p-2. The van der Waals surface area contributed by atoms with E-state index in [2.05, 4.69) is 13.8 Å². The molecule has 0 aliphatic heterocycles. The molecule has 0 N–H and O–H groups in total. The van der Waals surface area contributed by atoms with E-state index in [9.17, 15) is 19.8 Å². The minimum absolute atomic E-state index is 0. The third-order valence-corrected chi connectivity index (χ3v) is 11.0. The van der Waals surface area contributed by atoms with Gasteiger partial charge in [-0.25, -0.2) is 0 Å². The van der Waals surface area contributed by atoms with Gasteiger partial charge in [-0.05, 0) is 25.7 Å². The molecule has 4 nitrogen and oxygen atoms in total. The zero-order valence-electron chi connectivity index (χ0n) is 36.5. The maximum absolute atomic E-state index is 10.3. The molecule has 0 saturated heterocycles. The number of carboxylic acid groups (broad SMARTS) is 2. The fourth-order valence-corrected chi connectivity index (χ4v) is 7.40. The summed E-state index contributed by atoms with van der Waals surface area (Å²) in [5, 5.41) is 20.6. The predicted molar refractivity (Wildman–Crippen MR) is 230 cm³/mol. The molecule has 0 saturated carbocycles. The van der Waals surface area contributed by atoms with Crippen molar-refractivity contribution in [2.75, 3.05) is 0 Å². The van der Waals surface area contributed by atoms with Crippen molar-refractivity contribution in [3.63, 3.8) is 0 Å². The Labute approximate surface area is 373 Å². The largest absolute Gasteiger partial charge is 2.00 e. The van der Waals surface area contributed by atoms with E-state index in [1.165, 1.54) is 244 Å². The third-order valence-electron chi connectivity index (χ3n) is 11.0. The number of carbonyl (C=O) groups excluding carboxylic acids is 2. The van der Waals surface area contributed by atoms with Gasteiger partial charge in [0.15, 0.2) is 0 Å². The van der Waals surface area contributed by atoms with Crippen LogP contribution in [0.2, 0.25) is 0 Å². The van der Waals surface area contributed by atoms with E-state index in [0.717, 1.165) is 25.7 Å². The van der Waals surface area contributed by atoms with Crippen LogP contribution in [0.4, 0.5) is 0 Å². The summed E-state index contributed by atoms with van der Waals surface area (Å²) in [5.41, 5.74) is 0. The van der Waals surface area contributed by atoms with E-state index in [1.54, 1.807) is 0 Å². The number of unbranched alkanes of at least 4 members (excludes halogenated alkanes) is 40. The molecule has 0 aliphatic carbocycles. The average molecular weight is 873 g/mol. The van der Waals surface area contributed by atoms with Gasteiger partial charge in [0.1, 0.15) is 0 Å². The van der Waals surface area contributed by atoms with E-state index in [1.807, 2.05) is 0 Å². The van der Waals surface area contributed by atoms with Crippen LogP contribution in [0.15, 0.2) is 0 Å². The summed E-state index contributed by atoms with van der Waals surface area (Å²) < 4.78 is 0. The SMILES string of the molecule is CCCCCCCCCCCCCCCCCCCCCCCC(=O)[O-].CCCCCCCCCCCCCCCCCCCCCCCC(=O)[O-].[Ba+2]. The monoisotopic (exact) mass is 873 g/mol. The van der Waals surface area contributed by atoms with Gasteiger partial charge in [-0.1, -0.05) is 271 Å². The molecule has 0 bridgehead atoms. The molecule has 0 spiro atoms. The Morgan fingerprint density at radius 2 is 0.358 bits per heavy atom. The number of carboxylic acids is 2. The van der Waals surface area contributed by atoms with Crippen LogP contribution in [0.3, 0.4) is 0 Å². The minimum atomic E-state index is -0.900. The molecular formula is C48H94BaO4. The van der Waals surface area contributed by atoms with Gasteiger partial charge in [0.05, 0.1) is 0 Å². The summed E-state index contributed by atoms with van der Waals surface area (Å²) in [4.78, 5) is 20.6. The molecule has 0 aromatic rings. The van der Waals surface area contributed by atoms with E-state index in [-0.39, 0.29) is 61.7 Å². The first-order valence-corrected chi connectivity index (χ1v) is 23.9. The van der Waals surface area contributed by atoms with Crippen LogP contribution < -0.4 is 10.2 Å². The first-order chi connectivity index (χ1) is 25.5. The van der Waals surface area contributed by atoms with Gasteiger partial charge in [-0.3, -0.25) is 0 Å². The summed E-state index contributed by atoms with van der Waals surface area (Å²) >= 11 is 0. The second-order valence-corrected chi connectivity index (χ2v) is 16.4. The summed E-state index contributed by atoms with van der Waals surface area (Å²) in [6.45, 7) is 4.57. The molecule has 0 aromatic carbocycles. The Hall–Kier alpha value is 0.511. The molecule has 0 unspecified atom stereocenters. The van der Waals surface area contributed by atoms with Crippen LogP contribution in [0.25, 0.3) is 0 Å². The maximum atomic E-state index is 10.3. The molecule has 0 rings (SSSR count). The number of hydrogen-bond donors (Lipinski definition) is 0. The van der Waals surface area contributed by atoms with Crippen molar-refractivity contribution in [3.8, 4) is 0 Å².